The third-order valence-corrected chi connectivity index (χ3v) is 4.41. The highest BCUT2D eigenvalue weighted by atomic mass is 16.5. The van der Waals surface area contributed by atoms with Crippen molar-refractivity contribution in [2.24, 2.45) is 10.4 Å². The van der Waals surface area contributed by atoms with Gasteiger partial charge in [-0.1, -0.05) is 6.42 Å². The Bertz CT molecular complexity index is 299. The Morgan fingerprint density at radius 2 is 2.11 bits per heavy atom. The van der Waals surface area contributed by atoms with E-state index < -0.39 is 0 Å². The number of aliphatic imine (C=N–C) groups is 1. The van der Waals surface area contributed by atoms with Gasteiger partial charge in [0.05, 0.1) is 6.10 Å². The molecule has 2 rings (SSSR count). The predicted molar refractivity (Wildman–Crippen MR) is 74.9 cm³/mol. The molecule has 2 aliphatic rings. The average molecular weight is 253 g/mol. The molecule has 4 heteroatoms. The summed E-state index contributed by atoms with van der Waals surface area (Å²) in [5, 5.41) is 6.91. The molecule has 2 saturated carbocycles. The number of nitrogens with zero attached hydrogens (tertiary/aromatic N) is 1. The van der Waals surface area contributed by atoms with Crippen LogP contribution in [0.3, 0.4) is 0 Å². The van der Waals surface area contributed by atoms with Gasteiger partial charge in [-0.05, 0) is 40.0 Å². The normalized spacial score (nSPS) is 29.6. The SMILES string of the molecule is CCN=C(NCC)NC1CC(OCC)C12CCC2. The summed E-state index contributed by atoms with van der Waals surface area (Å²) in [5.74, 6) is 0.964. The molecule has 0 aromatic carbocycles. The Labute approximate surface area is 111 Å². The van der Waals surface area contributed by atoms with Crippen LogP contribution in [0.4, 0.5) is 0 Å². The van der Waals surface area contributed by atoms with Crippen molar-refractivity contribution in [1.82, 2.24) is 10.6 Å². The summed E-state index contributed by atoms with van der Waals surface area (Å²) < 4.78 is 5.87. The minimum Gasteiger partial charge on any atom is -0.378 e. The highest BCUT2D eigenvalue weighted by Gasteiger charge is 2.59. The Morgan fingerprint density at radius 1 is 1.33 bits per heavy atom. The molecule has 2 N–H and O–H groups in total. The van der Waals surface area contributed by atoms with Gasteiger partial charge in [0.2, 0.25) is 0 Å². The van der Waals surface area contributed by atoms with Crippen molar-refractivity contribution in [2.45, 2.75) is 58.6 Å². The minimum atomic E-state index is 0.403. The van der Waals surface area contributed by atoms with E-state index in [0.717, 1.165) is 32.1 Å². The lowest BCUT2D eigenvalue weighted by molar-refractivity contribution is -0.168. The Morgan fingerprint density at radius 3 is 2.61 bits per heavy atom. The van der Waals surface area contributed by atoms with Gasteiger partial charge in [-0.15, -0.1) is 0 Å². The zero-order valence-electron chi connectivity index (χ0n) is 12.0. The molecule has 0 amide bonds. The first-order valence-corrected chi connectivity index (χ1v) is 7.43. The van der Waals surface area contributed by atoms with Crippen LogP contribution in [0, 0.1) is 5.41 Å². The van der Waals surface area contributed by atoms with Crippen LogP contribution in [0.25, 0.3) is 0 Å². The van der Waals surface area contributed by atoms with Gasteiger partial charge >= 0.3 is 0 Å². The van der Waals surface area contributed by atoms with E-state index in [2.05, 4.69) is 36.4 Å². The molecule has 2 atom stereocenters. The first-order chi connectivity index (χ1) is 8.76. The van der Waals surface area contributed by atoms with E-state index in [1.807, 2.05) is 0 Å². The molecule has 0 radical (unpaired) electrons. The molecule has 0 aliphatic heterocycles. The van der Waals surface area contributed by atoms with E-state index in [4.69, 9.17) is 4.74 Å². The van der Waals surface area contributed by atoms with Crippen molar-refractivity contribution in [3.8, 4) is 0 Å². The molecule has 2 fully saturated rings. The van der Waals surface area contributed by atoms with Gasteiger partial charge < -0.3 is 15.4 Å². The second-order valence-corrected chi connectivity index (χ2v) is 5.32. The third-order valence-electron chi connectivity index (χ3n) is 4.41. The smallest absolute Gasteiger partial charge is 0.191 e. The lowest BCUT2D eigenvalue weighted by Crippen LogP contribution is -2.68. The highest BCUT2D eigenvalue weighted by Crippen LogP contribution is 2.57. The van der Waals surface area contributed by atoms with Gasteiger partial charge in [-0.3, -0.25) is 4.99 Å². The molecular formula is C14H27N3O. The van der Waals surface area contributed by atoms with E-state index in [1.54, 1.807) is 0 Å². The van der Waals surface area contributed by atoms with Crippen LogP contribution in [-0.4, -0.2) is 37.8 Å². The molecule has 4 nitrogen and oxygen atoms in total. The fraction of sp³-hybridized carbons (Fsp3) is 0.929. The van der Waals surface area contributed by atoms with Crippen LogP contribution in [0.1, 0.15) is 46.5 Å². The molecular weight excluding hydrogens is 226 g/mol. The van der Waals surface area contributed by atoms with Crippen molar-refractivity contribution in [2.75, 3.05) is 19.7 Å². The lowest BCUT2D eigenvalue weighted by Gasteiger charge is -2.61. The summed E-state index contributed by atoms with van der Waals surface area (Å²) in [7, 11) is 0. The molecule has 0 aromatic rings. The molecule has 0 saturated heterocycles. The van der Waals surface area contributed by atoms with E-state index in [0.29, 0.717) is 17.6 Å². The third kappa shape index (κ3) is 2.35. The molecule has 1 spiro atoms. The molecule has 0 aromatic heterocycles. The van der Waals surface area contributed by atoms with Crippen LogP contribution < -0.4 is 10.6 Å². The number of hydrogen-bond acceptors (Lipinski definition) is 2. The molecule has 0 heterocycles. The van der Waals surface area contributed by atoms with Crippen molar-refractivity contribution in [1.29, 1.82) is 0 Å². The number of guanidine groups is 1. The summed E-state index contributed by atoms with van der Waals surface area (Å²) >= 11 is 0. The minimum absolute atomic E-state index is 0.403. The maximum absolute atomic E-state index is 5.87. The Hall–Kier alpha value is -0.770. The van der Waals surface area contributed by atoms with Gasteiger partial charge in [0.25, 0.3) is 0 Å². The van der Waals surface area contributed by atoms with E-state index >= 15 is 0 Å². The first-order valence-electron chi connectivity index (χ1n) is 7.43. The summed E-state index contributed by atoms with van der Waals surface area (Å²) in [6, 6.07) is 0.548. The Balaban J connectivity index is 1.92. The molecule has 104 valence electrons. The van der Waals surface area contributed by atoms with E-state index in [1.165, 1.54) is 19.3 Å². The van der Waals surface area contributed by atoms with Gasteiger partial charge in [-0.2, -0.15) is 0 Å². The van der Waals surface area contributed by atoms with Crippen molar-refractivity contribution >= 4 is 5.96 Å². The number of nitrogens with one attached hydrogen (secondary N) is 2. The van der Waals surface area contributed by atoms with Crippen LogP contribution in [0.15, 0.2) is 4.99 Å². The zero-order valence-corrected chi connectivity index (χ0v) is 12.0. The van der Waals surface area contributed by atoms with Crippen LogP contribution in [-0.2, 0) is 4.74 Å². The highest BCUT2D eigenvalue weighted by molar-refractivity contribution is 5.80. The van der Waals surface area contributed by atoms with Gasteiger partial charge in [-0.25, -0.2) is 0 Å². The van der Waals surface area contributed by atoms with Gasteiger partial charge in [0, 0.05) is 31.2 Å². The average Bonchev–Trinajstić information content (AvgIpc) is 2.25. The van der Waals surface area contributed by atoms with Crippen molar-refractivity contribution in [3.63, 3.8) is 0 Å². The van der Waals surface area contributed by atoms with Crippen molar-refractivity contribution < 1.29 is 4.74 Å². The first kappa shape index (κ1) is 13.7. The largest absolute Gasteiger partial charge is 0.378 e. The second-order valence-electron chi connectivity index (χ2n) is 5.32. The van der Waals surface area contributed by atoms with E-state index in [9.17, 15) is 0 Å². The maximum Gasteiger partial charge on any atom is 0.191 e. The predicted octanol–water partition coefficient (Wildman–Crippen LogP) is 1.91. The number of rotatable bonds is 5. The summed E-state index contributed by atoms with van der Waals surface area (Å²) in [6.07, 6.45) is 5.56. The molecule has 0 bridgehead atoms. The fourth-order valence-electron chi connectivity index (χ4n) is 3.28. The van der Waals surface area contributed by atoms with Crippen LogP contribution in [0.2, 0.25) is 0 Å². The topological polar surface area (TPSA) is 45.7 Å². The number of ether oxygens (including phenoxy) is 1. The quantitative estimate of drug-likeness (QED) is 0.581. The second kappa shape index (κ2) is 5.91. The Kier molecular flexibility index (Phi) is 4.49. The monoisotopic (exact) mass is 253 g/mol. The van der Waals surface area contributed by atoms with Crippen molar-refractivity contribution in [3.05, 3.63) is 0 Å². The van der Waals surface area contributed by atoms with E-state index in [-0.39, 0.29) is 0 Å². The number of hydrogen-bond donors (Lipinski definition) is 2. The molecule has 2 unspecified atom stereocenters. The van der Waals surface area contributed by atoms with Crippen LogP contribution >= 0.6 is 0 Å². The molecule has 2 aliphatic carbocycles. The summed E-state index contributed by atoms with van der Waals surface area (Å²) in [4.78, 5) is 4.48. The van der Waals surface area contributed by atoms with Gasteiger partial charge in [0.1, 0.15) is 0 Å². The lowest BCUT2D eigenvalue weighted by atomic mass is 9.51. The summed E-state index contributed by atoms with van der Waals surface area (Å²) in [6.45, 7) is 8.85. The van der Waals surface area contributed by atoms with Crippen LogP contribution in [0.5, 0.6) is 0 Å². The summed E-state index contributed by atoms with van der Waals surface area (Å²) in [5.41, 5.74) is 0.403. The maximum atomic E-state index is 5.87. The van der Waals surface area contributed by atoms with Gasteiger partial charge in [0.15, 0.2) is 5.96 Å². The fourth-order valence-corrected chi connectivity index (χ4v) is 3.28. The molecule has 18 heavy (non-hydrogen) atoms. The zero-order chi connectivity index (χ0) is 13.0. The standard InChI is InChI=1S/C14H27N3O/c1-4-15-13(16-5-2)17-11-10-12(18-6-3)14(11)8-7-9-14/h11-12H,4-10H2,1-3H3,(H2,15,16,17).